The highest BCUT2D eigenvalue weighted by molar-refractivity contribution is 7.08. The molecule has 0 saturated heterocycles. The molecule has 4 nitrogen and oxygen atoms in total. The van der Waals surface area contributed by atoms with Crippen molar-refractivity contribution in [3.8, 4) is 5.75 Å². The number of aromatic nitrogens is 2. The molecule has 20 heavy (non-hydrogen) atoms. The third kappa shape index (κ3) is 2.12. The second-order valence-electron chi connectivity index (χ2n) is 5.92. The lowest BCUT2D eigenvalue weighted by molar-refractivity contribution is 0.103. The minimum atomic E-state index is -0.198. The average molecular weight is 288 g/mol. The first-order chi connectivity index (χ1) is 9.48. The van der Waals surface area contributed by atoms with E-state index in [-0.39, 0.29) is 11.2 Å². The molecule has 0 amide bonds. The number of carbonyl (C=O) groups is 1. The van der Waals surface area contributed by atoms with Gasteiger partial charge in [-0.25, -0.2) is 0 Å². The number of hydrogen-bond acceptors (Lipinski definition) is 5. The number of fused-ring (bicyclic) bond motifs is 1. The quantitative estimate of drug-likeness (QED) is 0.797. The lowest BCUT2D eigenvalue weighted by Gasteiger charge is -2.16. The zero-order valence-electron chi connectivity index (χ0n) is 11.8. The Balaban J connectivity index is 2.07. The number of nitrogens with zero attached hydrogens (tertiary/aromatic N) is 2. The molecule has 0 aliphatic carbocycles. The predicted molar refractivity (Wildman–Crippen MR) is 77.7 cm³/mol. The van der Waals surface area contributed by atoms with Crippen LogP contribution >= 0.6 is 11.5 Å². The molecule has 0 saturated carbocycles. The number of carbonyl (C=O) groups excluding carboxylic acids is 1. The largest absolute Gasteiger partial charge is 0.492 e. The van der Waals surface area contributed by atoms with Gasteiger partial charge in [0.1, 0.15) is 10.6 Å². The number of para-hydroxylation sites is 1. The van der Waals surface area contributed by atoms with Gasteiger partial charge in [0.15, 0.2) is 0 Å². The summed E-state index contributed by atoms with van der Waals surface area (Å²) in [5.41, 5.74) is 2.28. The molecule has 1 aromatic heterocycles. The topological polar surface area (TPSA) is 52.1 Å². The number of benzene rings is 1. The summed E-state index contributed by atoms with van der Waals surface area (Å²) in [5, 5.41) is 4.13. The molecule has 0 N–H and O–H groups in total. The fourth-order valence-corrected chi connectivity index (χ4v) is 3.18. The molecule has 5 heteroatoms. The molecule has 1 aliphatic rings. The van der Waals surface area contributed by atoms with Crippen LogP contribution in [0.3, 0.4) is 0 Å². The van der Waals surface area contributed by atoms with Crippen molar-refractivity contribution in [2.24, 2.45) is 0 Å². The van der Waals surface area contributed by atoms with Crippen LogP contribution in [0.2, 0.25) is 0 Å². The van der Waals surface area contributed by atoms with E-state index in [1.807, 2.05) is 39.0 Å². The van der Waals surface area contributed by atoms with E-state index in [0.717, 1.165) is 35.0 Å². The van der Waals surface area contributed by atoms with E-state index in [4.69, 9.17) is 4.74 Å². The highest BCUT2D eigenvalue weighted by Gasteiger charge is 2.29. The number of ketones is 1. The number of ether oxygens (including phenoxy) is 1. The summed E-state index contributed by atoms with van der Waals surface area (Å²) in [7, 11) is 0. The molecule has 2 aromatic rings. The lowest BCUT2D eigenvalue weighted by atomic mass is 9.89. The Kier molecular flexibility index (Phi) is 3.09. The molecular weight excluding hydrogens is 272 g/mol. The first-order valence-electron chi connectivity index (χ1n) is 6.60. The van der Waals surface area contributed by atoms with Crippen molar-refractivity contribution in [2.75, 3.05) is 6.61 Å². The van der Waals surface area contributed by atoms with Gasteiger partial charge in [-0.05, 0) is 23.2 Å². The van der Waals surface area contributed by atoms with E-state index in [9.17, 15) is 4.79 Å². The Bertz CT molecular complexity index is 671. The van der Waals surface area contributed by atoms with Crippen molar-refractivity contribution in [2.45, 2.75) is 32.6 Å². The maximum Gasteiger partial charge on any atom is 0.210 e. The summed E-state index contributed by atoms with van der Waals surface area (Å²) in [6, 6.07) is 5.74. The van der Waals surface area contributed by atoms with Crippen LogP contribution in [-0.4, -0.2) is 22.0 Å². The van der Waals surface area contributed by atoms with E-state index in [2.05, 4.69) is 9.59 Å². The molecule has 0 radical (unpaired) electrons. The fraction of sp³-hybridized carbons (Fsp3) is 0.400. The van der Waals surface area contributed by atoms with Gasteiger partial charge < -0.3 is 4.74 Å². The van der Waals surface area contributed by atoms with E-state index in [1.165, 1.54) is 0 Å². The van der Waals surface area contributed by atoms with Gasteiger partial charge in [0.2, 0.25) is 5.78 Å². The SMILES string of the molecule is CC(C)(C)c1nnsc1C(=O)c1cccc2c1OCC2. The monoisotopic (exact) mass is 288 g/mol. The highest BCUT2D eigenvalue weighted by atomic mass is 32.1. The number of hydrogen-bond donors (Lipinski definition) is 0. The third-order valence-electron chi connectivity index (χ3n) is 3.36. The van der Waals surface area contributed by atoms with Crippen LogP contribution in [0, 0.1) is 0 Å². The average Bonchev–Trinajstić information content (AvgIpc) is 3.05. The zero-order chi connectivity index (χ0) is 14.3. The van der Waals surface area contributed by atoms with E-state index in [0.29, 0.717) is 17.0 Å². The van der Waals surface area contributed by atoms with Crippen LogP contribution in [0.5, 0.6) is 5.75 Å². The molecular formula is C15H16N2O2S. The van der Waals surface area contributed by atoms with Crippen molar-refractivity contribution in [3.05, 3.63) is 39.9 Å². The standard InChI is InChI=1S/C15H16N2O2S/c1-15(2,3)14-13(20-17-16-14)11(18)10-6-4-5-9-7-8-19-12(9)10/h4-6H,7-8H2,1-3H3. The molecule has 0 fully saturated rings. The van der Waals surface area contributed by atoms with Crippen LogP contribution in [-0.2, 0) is 11.8 Å². The van der Waals surface area contributed by atoms with Crippen LogP contribution in [0.1, 0.15) is 47.3 Å². The van der Waals surface area contributed by atoms with Gasteiger partial charge in [-0.1, -0.05) is 37.4 Å². The van der Waals surface area contributed by atoms with Crippen LogP contribution in [0.4, 0.5) is 0 Å². The summed E-state index contributed by atoms with van der Waals surface area (Å²) in [4.78, 5) is 13.4. The molecule has 0 unspecified atom stereocenters. The van der Waals surface area contributed by atoms with Crippen LogP contribution < -0.4 is 4.74 Å². The normalized spacial score (nSPS) is 13.9. The summed E-state index contributed by atoms with van der Waals surface area (Å²) < 4.78 is 9.58. The minimum Gasteiger partial charge on any atom is -0.492 e. The fourth-order valence-electron chi connectivity index (χ4n) is 2.35. The molecule has 1 aliphatic heterocycles. The molecule has 1 aromatic carbocycles. The maximum atomic E-state index is 12.8. The molecule has 3 rings (SSSR count). The van der Waals surface area contributed by atoms with E-state index < -0.39 is 0 Å². The van der Waals surface area contributed by atoms with E-state index >= 15 is 0 Å². The molecule has 0 spiro atoms. The first kappa shape index (κ1) is 13.2. The van der Waals surface area contributed by atoms with Crippen molar-refractivity contribution in [1.82, 2.24) is 9.59 Å². The maximum absolute atomic E-state index is 12.8. The summed E-state index contributed by atoms with van der Waals surface area (Å²) in [6.07, 6.45) is 0.865. The molecule has 104 valence electrons. The van der Waals surface area contributed by atoms with E-state index in [1.54, 1.807) is 0 Å². The van der Waals surface area contributed by atoms with Gasteiger partial charge in [-0.2, -0.15) is 0 Å². The van der Waals surface area contributed by atoms with Gasteiger partial charge in [0.25, 0.3) is 0 Å². The predicted octanol–water partition coefficient (Wildman–Crippen LogP) is 3.00. The second-order valence-corrected chi connectivity index (χ2v) is 6.68. The van der Waals surface area contributed by atoms with Gasteiger partial charge in [-0.15, -0.1) is 5.10 Å². The first-order valence-corrected chi connectivity index (χ1v) is 7.38. The Morgan fingerprint density at radius 2 is 2.15 bits per heavy atom. The summed E-state index contributed by atoms with van der Waals surface area (Å²) >= 11 is 1.16. The molecule has 0 bridgehead atoms. The van der Waals surface area contributed by atoms with Gasteiger partial charge >= 0.3 is 0 Å². The number of rotatable bonds is 2. The zero-order valence-corrected chi connectivity index (χ0v) is 12.6. The van der Waals surface area contributed by atoms with Crippen molar-refractivity contribution in [1.29, 1.82) is 0 Å². The Morgan fingerprint density at radius 3 is 2.90 bits per heavy atom. The molecule has 2 heterocycles. The Hall–Kier alpha value is -1.75. The Morgan fingerprint density at radius 1 is 1.35 bits per heavy atom. The van der Waals surface area contributed by atoms with Gasteiger partial charge in [0.05, 0.1) is 17.9 Å². The second kappa shape index (κ2) is 4.66. The smallest absolute Gasteiger partial charge is 0.210 e. The molecule has 0 atom stereocenters. The third-order valence-corrected chi connectivity index (χ3v) is 4.09. The Labute approximate surface area is 122 Å². The van der Waals surface area contributed by atoms with Crippen molar-refractivity contribution >= 4 is 17.3 Å². The summed E-state index contributed by atoms with van der Waals surface area (Å²) in [6.45, 7) is 6.75. The van der Waals surface area contributed by atoms with Crippen LogP contribution in [0.25, 0.3) is 0 Å². The van der Waals surface area contributed by atoms with Crippen molar-refractivity contribution < 1.29 is 9.53 Å². The van der Waals surface area contributed by atoms with Gasteiger partial charge in [-0.3, -0.25) is 4.79 Å². The highest BCUT2D eigenvalue weighted by Crippen LogP contribution is 2.34. The summed E-state index contributed by atoms with van der Waals surface area (Å²) in [5.74, 6) is 0.689. The van der Waals surface area contributed by atoms with Crippen LogP contribution in [0.15, 0.2) is 18.2 Å². The van der Waals surface area contributed by atoms with Crippen molar-refractivity contribution in [3.63, 3.8) is 0 Å². The minimum absolute atomic E-state index is 0.0383. The lowest BCUT2D eigenvalue weighted by Crippen LogP contribution is -2.17. The van der Waals surface area contributed by atoms with Gasteiger partial charge in [0, 0.05) is 11.8 Å².